The van der Waals surface area contributed by atoms with Gasteiger partial charge in [0.2, 0.25) is 0 Å². The first kappa shape index (κ1) is 20.0. The number of carbonyl (C=O) groups excluding carboxylic acids is 2. The average Bonchev–Trinajstić information content (AvgIpc) is 3.50. The largest absolute Gasteiger partial charge is 0.454 e. The van der Waals surface area contributed by atoms with Crippen molar-refractivity contribution in [2.45, 2.75) is 6.54 Å². The van der Waals surface area contributed by atoms with E-state index in [9.17, 15) is 9.59 Å². The second-order valence-corrected chi connectivity index (χ2v) is 7.33. The quantitative estimate of drug-likeness (QED) is 0.435. The highest BCUT2D eigenvalue weighted by molar-refractivity contribution is 7.13. The van der Waals surface area contributed by atoms with Gasteiger partial charge >= 0.3 is 5.91 Å². The second kappa shape index (κ2) is 8.61. The molecule has 0 fully saturated rings. The van der Waals surface area contributed by atoms with Gasteiger partial charge in [-0.1, -0.05) is 23.2 Å². The molecule has 4 aromatic heterocycles. The molecule has 13 heteroatoms. The molecule has 4 aromatic rings. The van der Waals surface area contributed by atoms with Crippen molar-refractivity contribution >= 4 is 46.4 Å². The summed E-state index contributed by atoms with van der Waals surface area (Å²) in [7, 11) is 0. The number of hydrazine groups is 1. The smallest absolute Gasteiger partial charge is 0.305 e. The van der Waals surface area contributed by atoms with E-state index in [1.165, 1.54) is 29.9 Å². The lowest BCUT2D eigenvalue weighted by Gasteiger charge is -2.04. The van der Waals surface area contributed by atoms with Crippen LogP contribution in [0.4, 0.5) is 0 Å². The third-order valence-corrected chi connectivity index (χ3v) is 5.39. The number of thiazole rings is 1. The molecule has 2 N–H and O–H groups in total. The van der Waals surface area contributed by atoms with E-state index in [4.69, 9.17) is 27.6 Å². The Morgan fingerprint density at radius 2 is 1.97 bits per heavy atom. The molecular weight excluding hydrogens is 453 g/mol. The van der Waals surface area contributed by atoms with Gasteiger partial charge in [-0.3, -0.25) is 30.4 Å². The van der Waals surface area contributed by atoms with Crippen LogP contribution in [0.5, 0.6) is 0 Å². The summed E-state index contributed by atoms with van der Waals surface area (Å²) in [5, 5.41) is 2.52. The molecule has 152 valence electrons. The van der Waals surface area contributed by atoms with Crippen molar-refractivity contribution < 1.29 is 14.0 Å². The number of hydrogen-bond donors (Lipinski definition) is 2. The van der Waals surface area contributed by atoms with Crippen LogP contribution >= 0.6 is 34.5 Å². The molecule has 0 saturated carbocycles. The van der Waals surface area contributed by atoms with Crippen molar-refractivity contribution in [3.05, 3.63) is 70.0 Å². The van der Waals surface area contributed by atoms with Gasteiger partial charge in [0.25, 0.3) is 5.91 Å². The number of nitrogens with zero attached hydrogens (tertiary/aromatic N) is 5. The van der Waals surface area contributed by atoms with Crippen molar-refractivity contribution in [3.8, 4) is 10.7 Å². The zero-order valence-corrected chi connectivity index (χ0v) is 17.2. The number of carbonyl (C=O) groups is 2. The molecule has 4 rings (SSSR count). The molecule has 0 radical (unpaired) electrons. The molecule has 0 aromatic carbocycles. The van der Waals surface area contributed by atoms with E-state index in [0.29, 0.717) is 16.5 Å². The molecule has 2 amide bonds. The molecule has 0 saturated heterocycles. The number of nitrogens with one attached hydrogen (secondary N) is 2. The van der Waals surface area contributed by atoms with E-state index in [2.05, 4.69) is 30.8 Å². The van der Waals surface area contributed by atoms with Crippen LogP contribution in [0.3, 0.4) is 0 Å². The predicted octanol–water partition coefficient (Wildman–Crippen LogP) is 2.82. The zero-order valence-electron chi connectivity index (χ0n) is 14.9. The third kappa shape index (κ3) is 4.32. The standard InChI is InChI=1S/C17H11Cl2N7O3S/c18-13-14(19)26(8-22-13)6-9-1-2-12(29-9)16(28)25-24-15(27)11-7-30-17(23-11)10-5-20-3-4-21-10/h1-5,7-8H,6H2,(H,24,27)(H,25,28). The van der Waals surface area contributed by atoms with Crippen molar-refractivity contribution in [3.63, 3.8) is 0 Å². The lowest BCUT2D eigenvalue weighted by Crippen LogP contribution is -2.41. The van der Waals surface area contributed by atoms with Gasteiger partial charge in [0.15, 0.2) is 10.9 Å². The minimum Gasteiger partial charge on any atom is -0.454 e. The Morgan fingerprint density at radius 1 is 1.13 bits per heavy atom. The zero-order chi connectivity index (χ0) is 21.1. The number of furan rings is 1. The summed E-state index contributed by atoms with van der Waals surface area (Å²) in [6.07, 6.45) is 6.07. The van der Waals surface area contributed by atoms with Crippen molar-refractivity contribution in [1.29, 1.82) is 0 Å². The van der Waals surface area contributed by atoms with E-state index < -0.39 is 11.8 Å². The van der Waals surface area contributed by atoms with Gasteiger partial charge in [0.1, 0.15) is 27.3 Å². The minimum atomic E-state index is -0.631. The molecule has 0 atom stereocenters. The van der Waals surface area contributed by atoms with Crippen LogP contribution in [-0.2, 0) is 6.54 Å². The fourth-order valence-electron chi connectivity index (χ4n) is 2.35. The summed E-state index contributed by atoms with van der Waals surface area (Å²) in [4.78, 5) is 40.6. The highest BCUT2D eigenvalue weighted by Gasteiger charge is 2.16. The molecule has 0 aliphatic heterocycles. The first-order chi connectivity index (χ1) is 14.5. The maximum absolute atomic E-state index is 12.2. The highest BCUT2D eigenvalue weighted by Crippen LogP contribution is 2.22. The summed E-state index contributed by atoms with van der Waals surface area (Å²) in [5.74, 6) is -0.753. The van der Waals surface area contributed by atoms with E-state index in [1.807, 2.05) is 0 Å². The summed E-state index contributed by atoms with van der Waals surface area (Å²) < 4.78 is 7.03. The van der Waals surface area contributed by atoms with Gasteiger partial charge in [0.05, 0.1) is 19.1 Å². The number of halogens is 2. The normalized spacial score (nSPS) is 10.7. The van der Waals surface area contributed by atoms with Gasteiger partial charge in [-0.15, -0.1) is 11.3 Å². The average molecular weight is 464 g/mol. The van der Waals surface area contributed by atoms with Gasteiger partial charge in [-0.05, 0) is 12.1 Å². The maximum atomic E-state index is 12.2. The molecule has 10 nitrogen and oxygen atoms in total. The number of hydrogen-bond acceptors (Lipinski definition) is 8. The lowest BCUT2D eigenvalue weighted by molar-refractivity contribution is 0.0828. The first-order valence-corrected chi connectivity index (χ1v) is 9.92. The van der Waals surface area contributed by atoms with E-state index >= 15 is 0 Å². The molecule has 0 bridgehead atoms. The molecule has 4 heterocycles. The molecule has 0 aliphatic carbocycles. The van der Waals surface area contributed by atoms with E-state index in [0.717, 1.165) is 0 Å². The first-order valence-electron chi connectivity index (χ1n) is 8.28. The monoisotopic (exact) mass is 463 g/mol. The Balaban J connectivity index is 1.35. The summed E-state index contributed by atoms with van der Waals surface area (Å²) >= 11 is 13.0. The van der Waals surface area contributed by atoms with Crippen LogP contribution in [-0.4, -0.2) is 36.3 Å². The van der Waals surface area contributed by atoms with Crippen molar-refractivity contribution in [1.82, 2.24) is 35.4 Å². The number of imidazole rings is 1. The summed E-state index contributed by atoms with van der Waals surface area (Å²) in [5.41, 5.74) is 5.25. The van der Waals surface area contributed by atoms with Crippen LogP contribution in [0.25, 0.3) is 10.7 Å². The lowest BCUT2D eigenvalue weighted by atomic mass is 10.4. The van der Waals surface area contributed by atoms with Crippen LogP contribution < -0.4 is 10.9 Å². The van der Waals surface area contributed by atoms with Crippen molar-refractivity contribution in [2.24, 2.45) is 0 Å². The van der Waals surface area contributed by atoms with Crippen LogP contribution in [0, 0.1) is 0 Å². The number of amides is 2. The molecule has 0 aliphatic rings. The Labute approximate surface area is 182 Å². The minimum absolute atomic E-state index is 0.00571. The Hall–Kier alpha value is -3.28. The SMILES string of the molecule is O=C(NNC(=O)c1ccc(Cn2cnc(Cl)c2Cl)o1)c1csc(-c2cnccn2)n1. The fraction of sp³-hybridized carbons (Fsp3) is 0.0588. The predicted molar refractivity (Wildman–Crippen MR) is 108 cm³/mol. The summed E-state index contributed by atoms with van der Waals surface area (Å²) in [6.45, 7) is 0.238. The third-order valence-electron chi connectivity index (χ3n) is 3.75. The van der Waals surface area contributed by atoms with Crippen LogP contribution in [0.15, 0.2) is 46.8 Å². The second-order valence-electron chi connectivity index (χ2n) is 5.76. The number of rotatable bonds is 5. The van der Waals surface area contributed by atoms with E-state index in [1.54, 1.807) is 28.4 Å². The highest BCUT2D eigenvalue weighted by atomic mass is 35.5. The van der Waals surface area contributed by atoms with Gasteiger partial charge in [-0.2, -0.15) is 0 Å². The van der Waals surface area contributed by atoms with Crippen LogP contribution in [0.2, 0.25) is 10.3 Å². The van der Waals surface area contributed by atoms with Gasteiger partial charge in [0, 0.05) is 17.8 Å². The molecular formula is C17H11Cl2N7O3S. The molecule has 0 unspecified atom stereocenters. The topological polar surface area (TPSA) is 128 Å². The van der Waals surface area contributed by atoms with E-state index in [-0.39, 0.29) is 28.3 Å². The Morgan fingerprint density at radius 3 is 2.70 bits per heavy atom. The number of aromatic nitrogens is 5. The molecule has 0 spiro atoms. The Kier molecular flexibility index (Phi) is 5.74. The van der Waals surface area contributed by atoms with Gasteiger partial charge in [-0.25, -0.2) is 9.97 Å². The summed E-state index contributed by atoms with van der Waals surface area (Å²) in [6, 6.07) is 3.08. The van der Waals surface area contributed by atoms with Crippen molar-refractivity contribution in [2.75, 3.05) is 0 Å². The Bertz CT molecular complexity index is 1210. The van der Waals surface area contributed by atoms with Gasteiger partial charge < -0.3 is 8.98 Å². The molecule has 30 heavy (non-hydrogen) atoms. The maximum Gasteiger partial charge on any atom is 0.305 e. The fourth-order valence-corrected chi connectivity index (χ4v) is 3.41. The van der Waals surface area contributed by atoms with Crippen LogP contribution in [0.1, 0.15) is 26.8 Å².